The van der Waals surface area contributed by atoms with Crippen LogP contribution in [0.4, 0.5) is 5.82 Å². The summed E-state index contributed by atoms with van der Waals surface area (Å²) in [5, 5.41) is 10.5. The molecular weight excluding hydrogens is 370 g/mol. The molecule has 0 aliphatic rings. The second-order valence-corrected chi connectivity index (χ2v) is 7.40. The molecule has 3 N–H and O–H groups in total. The van der Waals surface area contributed by atoms with Crippen LogP contribution in [-0.2, 0) is 6.54 Å². The quantitative estimate of drug-likeness (QED) is 0.483. The summed E-state index contributed by atoms with van der Waals surface area (Å²) in [6.45, 7) is 0.647. The van der Waals surface area contributed by atoms with Crippen molar-refractivity contribution in [1.82, 2.24) is 20.2 Å². The highest BCUT2D eigenvalue weighted by molar-refractivity contribution is 7.16. The number of H-pyrrole nitrogens is 2. The van der Waals surface area contributed by atoms with Crippen LogP contribution in [0.25, 0.3) is 22.4 Å². The molecule has 0 fully saturated rings. The first-order chi connectivity index (χ1) is 12.7. The first-order valence-electron chi connectivity index (χ1n) is 7.86. The number of thiophene rings is 1. The molecule has 0 atom stereocenters. The lowest BCUT2D eigenvalue weighted by molar-refractivity contribution is 1.06. The van der Waals surface area contributed by atoms with E-state index in [2.05, 4.69) is 25.5 Å². The maximum Gasteiger partial charge on any atom is 0.255 e. The number of hydrogen-bond donors (Lipinski definition) is 3. The van der Waals surface area contributed by atoms with Crippen molar-refractivity contribution in [1.29, 1.82) is 0 Å². The molecule has 26 heavy (non-hydrogen) atoms. The van der Waals surface area contributed by atoms with E-state index in [1.807, 2.05) is 30.3 Å². The van der Waals surface area contributed by atoms with Gasteiger partial charge in [0.05, 0.1) is 16.6 Å². The Hall–Kier alpha value is -2.90. The number of aromatic amines is 2. The number of pyridine rings is 2. The van der Waals surface area contributed by atoms with Gasteiger partial charge in [-0.25, -0.2) is 0 Å². The van der Waals surface area contributed by atoms with E-state index in [-0.39, 0.29) is 5.56 Å². The number of hydrogen-bond acceptors (Lipinski definition) is 5. The van der Waals surface area contributed by atoms with Crippen LogP contribution in [-0.4, -0.2) is 20.2 Å². The molecular formula is C18H14ClN5OS. The minimum atomic E-state index is -0.158. The average molecular weight is 384 g/mol. The van der Waals surface area contributed by atoms with E-state index in [0.717, 1.165) is 31.9 Å². The maximum absolute atomic E-state index is 12.1. The van der Waals surface area contributed by atoms with Crippen LogP contribution < -0.4 is 10.9 Å². The molecule has 0 radical (unpaired) electrons. The van der Waals surface area contributed by atoms with Crippen LogP contribution in [0.5, 0.6) is 0 Å². The van der Waals surface area contributed by atoms with Crippen LogP contribution in [0.2, 0.25) is 4.34 Å². The fourth-order valence-electron chi connectivity index (χ4n) is 2.56. The Labute approximate surface area is 157 Å². The molecule has 4 heterocycles. The molecule has 0 aromatic carbocycles. The highest BCUT2D eigenvalue weighted by atomic mass is 35.5. The Bertz CT molecular complexity index is 1090. The molecule has 0 amide bonds. The SMILES string of the molecule is O=c1[nH]cc(-c2cc(NCc3ccc(Cl)s3)n[nH]2)cc1-c1cccnc1. The van der Waals surface area contributed by atoms with Gasteiger partial charge in [-0.2, -0.15) is 5.10 Å². The predicted octanol–water partition coefficient (Wildman–Crippen LogP) is 4.15. The lowest BCUT2D eigenvalue weighted by atomic mass is 10.1. The van der Waals surface area contributed by atoms with Crippen molar-refractivity contribution in [3.8, 4) is 22.4 Å². The molecule has 4 rings (SSSR count). The van der Waals surface area contributed by atoms with E-state index in [1.165, 1.54) is 11.3 Å². The van der Waals surface area contributed by atoms with E-state index < -0.39 is 0 Å². The second-order valence-electron chi connectivity index (χ2n) is 5.60. The number of nitrogens with zero attached hydrogens (tertiary/aromatic N) is 2. The Balaban J connectivity index is 1.56. The van der Waals surface area contributed by atoms with Crippen LogP contribution in [0.1, 0.15) is 4.88 Å². The minimum Gasteiger partial charge on any atom is -0.364 e. The van der Waals surface area contributed by atoms with E-state index in [4.69, 9.17) is 11.6 Å². The Morgan fingerprint density at radius 1 is 1.19 bits per heavy atom. The zero-order valence-corrected chi connectivity index (χ0v) is 15.1. The zero-order chi connectivity index (χ0) is 17.9. The first-order valence-corrected chi connectivity index (χ1v) is 9.05. The molecule has 4 aromatic rings. The molecule has 0 aliphatic heterocycles. The molecule has 0 spiro atoms. The molecule has 4 aromatic heterocycles. The van der Waals surface area contributed by atoms with Gasteiger partial charge in [0.1, 0.15) is 5.82 Å². The molecule has 0 bridgehead atoms. The van der Waals surface area contributed by atoms with Gasteiger partial charge in [0, 0.05) is 46.2 Å². The number of anilines is 1. The van der Waals surface area contributed by atoms with Gasteiger partial charge in [0.2, 0.25) is 0 Å². The van der Waals surface area contributed by atoms with Gasteiger partial charge in [0.25, 0.3) is 5.56 Å². The third-order valence-electron chi connectivity index (χ3n) is 3.84. The first kappa shape index (κ1) is 16.6. The third-order valence-corrected chi connectivity index (χ3v) is 5.07. The Kier molecular flexibility index (Phi) is 4.55. The standard InChI is InChI=1S/C18H14ClN5OS/c19-16-4-3-13(26-16)10-21-17-7-15(23-24-17)12-6-14(18(25)22-9-12)11-2-1-5-20-8-11/h1-9H,10H2,(H,22,25)(H2,21,23,24). The number of nitrogens with one attached hydrogen (secondary N) is 3. The van der Waals surface area contributed by atoms with Crippen molar-refractivity contribution in [2.75, 3.05) is 5.32 Å². The van der Waals surface area contributed by atoms with E-state index >= 15 is 0 Å². The average Bonchev–Trinajstić information content (AvgIpc) is 3.30. The highest BCUT2D eigenvalue weighted by Crippen LogP contribution is 2.24. The summed E-state index contributed by atoms with van der Waals surface area (Å²) >= 11 is 7.47. The summed E-state index contributed by atoms with van der Waals surface area (Å²) in [4.78, 5) is 20.1. The van der Waals surface area contributed by atoms with Gasteiger partial charge in [-0.05, 0) is 24.3 Å². The van der Waals surface area contributed by atoms with Crippen LogP contribution in [0.3, 0.4) is 0 Å². The maximum atomic E-state index is 12.1. The summed E-state index contributed by atoms with van der Waals surface area (Å²) in [6.07, 6.45) is 5.01. The summed E-state index contributed by atoms with van der Waals surface area (Å²) in [5.41, 5.74) is 2.81. The monoisotopic (exact) mass is 383 g/mol. The van der Waals surface area contributed by atoms with E-state index in [9.17, 15) is 4.79 Å². The van der Waals surface area contributed by atoms with Crippen molar-refractivity contribution >= 4 is 28.8 Å². The normalized spacial score (nSPS) is 10.8. The molecule has 0 unspecified atom stereocenters. The second kappa shape index (κ2) is 7.15. The lowest BCUT2D eigenvalue weighted by Gasteiger charge is -2.03. The van der Waals surface area contributed by atoms with Crippen molar-refractivity contribution in [2.45, 2.75) is 6.54 Å². The van der Waals surface area contributed by atoms with Gasteiger partial charge >= 0.3 is 0 Å². The number of halogens is 1. The highest BCUT2D eigenvalue weighted by Gasteiger charge is 2.09. The summed E-state index contributed by atoms with van der Waals surface area (Å²) in [5.74, 6) is 0.721. The Morgan fingerprint density at radius 3 is 2.88 bits per heavy atom. The summed E-state index contributed by atoms with van der Waals surface area (Å²) in [7, 11) is 0. The Morgan fingerprint density at radius 2 is 2.12 bits per heavy atom. The molecule has 0 aliphatic carbocycles. The minimum absolute atomic E-state index is 0.158. The molecule has 0 saturated carbocycles. The molecule has 8 heteroatoms. The van der Waals surface area contributed by atoms with Crippen LogP contribution in [0, 0.1) is 0 Å². The van der Waals surface area contributed by atoms with Crippen molar-refractivity contribution in [3.05, 3.63) is 74.6 Å². The predicted molar refractivity (Wildman–Crippen MR) is 105 cm³/mol. The number of aromatic nitrogens is 4. The molecule has 6 nitrogen and oxygen atoms in total. The van der Waals surface area contributed by atoms with Gasteiger partial charge in [-0.15, -0.1) is 11.3 Å². The van der Waals surface area contributed by atoms with Crippen LogP contribution in [0.15, 0.2) is 59.8 Å². The fourth-order valence-corrected chi connectivity index (χ4v) is 3.59. The van der Waals surface area contributed by atoms with Crippen LogP contribution >= 0.6 is 22.9 Å². The largest absolute Gasteiger partial charge is 0.364 e. The van der Waals surface area contributed by atoms with Gasteiger partial charge in [-0.3, -0.25) is 14.9 Å². The smallest absolute Gasteiger partial charge is 0.255 e. The third kappa shape index (κ3) is 3.54. The fraction of sp³-hybridized carbons (Fsp3) is 0.0556. The molecule has 130 valence electrons. The zero-order valence-electron chi connectivity index (χ0n) is 13.5. The van der Waals surface area contributed by atoms with E-state index in [0.29, 0.717) is 12.1 Å². The van der Waals surface area contributed by atoms with Crippen molar-refractivity contribution in [3.63, 3.8) is 0 Å². The summed E-state index contributed by atoms with van der Waals surface area (Å²) in [6, 6.07) is 11.2. The number of rotatable bonds is 5. The van der Waals surface area contributed by atoms with E-state index in [1.54, 1.807) is 24.7 Å². The van der Waals surface area contributed by atoms with Gasteiger partial charge in [0.15, 0.2) is 0 Å². The summed E-state index contributed by atoms with van der Waals surface area (Å²) < 4.78 is 0.765. The van der Waals surface area contributed by atoms with Crippen molar-refractivity contribution < 1.29 is 0 Å². The van der Waals surface area contributed by atoms with Gasteiger partial charge < -0.3 is 10.3 Å². The lowest BCUT2D eigenvalue weighted by Crippen LogP contribution is -2.08. The van der Waals surface area contributed by atoms with Gasteiger partial charge in [-0.1, -0.05) is 17.7 Å². The topological polar surface area (TPSA) is 86.5 Å². The van der Waals surface area contributed by atoms with Crippen molar-refractivity contribution in [2.24, 2.45) is 0 Å². The molecule has 0 saturated heterocycles.